The number of anilines is 1. The van der Waals surface area contributed by atoms with Crippen LogP contribution in [0.15, 0.2) is 24.3 Å². The Bertz CT molecular complexity index is 476. The van der Waals surface area contributed by atoms with E-state index >= 15 is 0 Å². The van der Waals surface area contributed by atoms with Gasteiger partial charge in [0.2, 0.25) is 5.91 Å². The first-order chi connectivity index (χ1) is 9.36. The van der Waals surface area contributed by atoms with E-state index in [0.717, 1.165) is 31.5 Å². The largest absolute Gasteiger partial charge is 0.416 e. The van der Waals surface area contributed by atoms with Crippen molar-refractivity contribution in [2.75, 3.05) is 11.9 Å². The van der Waals surface area contributed by atoms with Gasteiger partial charge in [-0.2, -0.15) is 13.2 Å². The molecule has 1 fully saturated rings. The van der Waals surface area contributed by atoms with Gasteiger partial charge in [-0.05, 0) is 50.6 Å². The SMILES string of the molecule is C[C@H]1C[C@@H](C(=O)Nc2ccc(C(F)(F)F)cc2)CCN1.Cl. The summed E-state index contributed by atoms with van der Waals surface area (Å²) in [4.78, 5) is 12.0. The van der Waals surface area contributed by atoms with Crippen molar-refractivity contribution in [2.24, 2.45) is 5.92 Å². The predicted molar refractivity (Wildman–Crippen MR) is 77.5 cm³/mol. The van der Waals surface area contributed by atoms with Crippen LogP contribution in [0.3, 0.4) is 0 Å². The van der Waals surface area contributed by atoms with Crippen molar-refractivity contribution in [1.29, 1.82) is 0 Å². The number of amides is 1. The summed E-state index contributed by atoms with van der Waals surface area (Å²) >= 11 is 0. The van der Waals surface area contributed by atoms with Crippen LogP contribution in [0.25, 0.3) is 0 Å². The van der Waals surface area contributed by atoms with Crippen LogP contribution in [-0.2, 0) is 11.0 Å². The summed E-state index contributed by atoms with van der Waals surface area (Å²) in [5, 5.41) is 5.93. The average molecular weight is 323 g/mol. The van der Waals surface area contributed by atoms with Crippen molar-refractivity contribution in [1.82, 2.24) is 5.32 Å². The summed E-state index contributed by atoms with van der Waals surface area (Å²) in [6.45, 7) is 2.80. The van der Waals surface area contributed by atoms with Gasteiger partial charge in [-0.3, -0.25) is 4.79 Å². The van der Waals surface area contributed by atoms with Crippen LogP contribution in [0.4, 0.5) is 18.9 Å². The number of carbonyl (C=O) groups is 1. The van der Waals surface area contributed by atoms with Crippen molar-refractivity contribution in [3.8, 4) is 0 Å². The van der Waals surface area contributed by atoms with Crippen molar-refractivity contribution >= 4 is 24.0 Å². The summed E-state index contributed by atoms with van der Waals surface area (Å²) in [6.07, 6.45) is -2.86. The second-order valence-electron chi connectivity index (χ2n) is 5.14. The minimum absolute atomic E-state index is 0. The van der Waals surface area contributed by atoms with E-state index in [9.17, 15) is 18.0 Å². The molecule has 1 aromatic carbocycles. The molecule has 0 spiro atoms. The fourth-order valence-electron chi connectivity index (χ4n) is 2.36. The zero-order valence-corrected chi connectivity index (χ0v) is 12.4. The van der Waals surface area contributed by atoms with E-state index in [1.165, 1.54) is 12.1 Å². The van der Waals surface area contributed by atoms with Gasteiger partial charge in [0.15, 0.2) is 0 Å². The molecule has 0 radical (unpaired) electrons. The first-order valence-electron chi connectivity index (χ1n) is 6.58. The molecule has 0 aliphatic carbocycles. The molecular formula is C14H18ClF3N2O. The number of halogens is 4. The van der Waals surface area contributed by atoms with E-state index in [4.69, 9.17) is 0 Å². The Labute approximate surface area is 127 Å². The fraction of sp³-hybridized carbons (Fsp3) is 0.500. The van der Waals surface area contributed by atoms with E-state index in [-0.39, 0.29) is 30.3 Å². The maximum absolute atomic E-state index is 12.4. The first-order valence-corrected chi connectivity index (χ1v) is 6.58. The van der Waals surface area contributed by atoms with Crippen molar-refractivity contribution < 1.29 is 18.0 Å². The number of benzene rings is 1. The fourth-order valence-corrected chi connectivity index (χ4v) is 2.36. The van der Waals surface area contributed by atoms with Crippen LogP contribution in [0.1, 0.15) is 25.3 Å². The Balaban J connectivity index is 0.00000220. The molecule has 1 saturated heterocycles. The lowest BCUT2D eigenvalue weighted by Crippen LogP contribution is -2.40. The highest BCUT2D eigenvalue weighted by atomic mass is 35.5. The molecule has 3 nitrogen and oxygen atoms in total. The molecule has 0 saturated carbocycles. The molecule has 1 aromatic rings. The number of hydrogen-bond acceptors (Lipinski definition) is 2. The number of alkyl halides is 3. The standard InChI is InChI=1S/C14H17F3N2O.ClH/c1-9-8-10(6-7-18-9)13(20)19-12-4-2-11(3-5-12)14(15,16)17;/h2-5,9-10,18H,6-8H2,1H3,(H,19,20);1H/t9-,10-;/m0./s1. The molecule has 2 rings (SSSR count). The minimum atomic E-state index is -4.35. The first kappa shape index (κ1) is 17.8. The summed E-state index contributed by atoms with van der Waals surface area (Å²) in [6, 6.07) is 4.80. The quantitative estimate of drug-likeness (QED) is 0.875. The summed E-state index contributed by atoms with van der Waals surface area (Å²) in [5.41, 5.74) is -0.319. The minimum Gasteiger partial charge on any atom is -0.326 e. The Kier molecular flexibility index (Phi) is 6.04. The van der Waals surface area contributed by atoms with Gasteiger partial charge in [-0.25, -0.2) is 0 Å². The molecule has 2 N–H and O–H groups in total. The highest BCUT2D eigenvalue weighted by molar-refractivity contribution is 5.92. The molecular weight excluding hydrogens is 305 g/mol. The number of rotatable bonds is 2. The van der Waals surface area contributed by atoms with Gasteiger partial charge in [0, 0.05) is 17.6 Å². The van der Waals surface area contributed by atoms with Gasteiger partial charge in [0.05, 0.1) is 5.56 Å². The molecule has 1 aliphatic heterocycles. The van der Waals surface area contributed by atoms with Crippen molar-refractivity contribution in [3.05, 3.63) is 29.8 Å². The summed E-state index contributed by atoms with van der Waals surface area (Å²) < 4.78 is 37.3. The van der Waals surface area contributed by atoms with Crippen LogP contribution in [0, 0.1) is 5.92 Å². The lowest BCUT2D eigenvalue weighted by atomic mass is 9.92. The Hall–Kier alpha value is -1.27. The second kappa shape index (κ2) is 7.13. The second-order valence-corrected chi connectivity index (χ2v) is 5.14. The van der Waals surface area contributed by atoms with E-state index in [1.54, 1.807) is 0 Å². The Morgan fingerprint density at radius 2 is 1.90 bits per heavy atom. The van der Waals surface area contributed by atoms with Gasteiger partial charge < -0.3 is 10.6 Å². The predicted octanol–water partition coefficient (Wildman–Crippen LogP) is 3.45. The van der Waals surface area contributed by atoms with E-state index < -0.39 is 11.7 Å². The lowest BCUT2D eigenvalue weighted by Gasteiger charge is -2.27. The van der Waals surface area contributed by atoms with Crippen LogP contribution < -0.4 is 10.6 Å². The molecule has 118 valence electrons. The van der Waals surface area contributed by atoms with Gasteiger partial charge in [0.1, 0.15) is 0 Å². The Morgan fingerprint density at radius 1 is 1.29 bits per heavy atom. The smallest absolute Gasteiger partial charge is 0.326 e. The van der Waals surface area contributed by atoms with Crippen molar-refractivity contribution in [2.45, 2.75) is 32.0 Å². The third-order valence-electron chi connectivity index (χ3n) is 3.47. The normalized spacial score (nSPS) is 22.3. The van der Waals surface area contributed by atoms with E-state index in [0.29, 0.717) is 5.69 Å². The molecule has 2 atom stereocenters. The van der Waals surface area contributed by atoms with Crippen LogP contribution in [-0.4, -0.2) is 18.5 Å². The highest BCUT2D eigenvalue weighted by Crippen LogP contribution is 2.30. The molecule has 21 heavy (non-hydrogen) atoms. The maximum Gasteiger partial charge on any atom is 0.416 e. The molecule has 0 aromatic heterocycles. The number of carbonyl (C=O) groups excluding carboxylic acids is 1. The molecule has 1 heterocycles. The summed E-state index contributed by atoms with van der Waals surface area (Å²) in [7, 11) is 0. The van der Waals surface area contributed by atoms with Gasteiger partial charge in [0.25, 0.3) is 0 Å². The van der Waals surface area contributed by atoms with Gasteiger partial charge in [-0.15, -0.1) is 12.4 Å². The van der Waals surface area contributed by atoms with Gasteiger partial charge >= 0.3 is 6.18 Å². The molecule has 0 unspecified atom stereocenters. The number of hydrogen-bond donors (Lipinski definition) is 2. The number of nitrogens with one attached hydrogen (secondary N) is 2. The van der Waals surface area contributed by atoms with Crippen molar-refractivity contribution in [3.63, 3.8) is 0 Å². The third kappa shape index (κ3) is 4.89. The monoisotopic (exact) mass is 322 g/mol. The zero-order chi connectivity index (χ0) is 14.8. The van der Waals surface area contributed by atoms with Crippen LogP contribution in [0.5, 0.6) is 0 Å². The highest BCUT2D eigenvalue weighted by Gasteiger charge is 2.30. The van der Waals surface area contributed by atoms with E-state index in [2.05, 4.69) is 10.6 Å². The van der Waals surface area contributed by atoms with E-state index in [1.807, 2.05) is 6.92 Å². The molecule has 1 amide bonds. The van der Waals surface area contributed by atoms with Gasteiger partial charge in [-0.1, -0.05) is 0 Å². The Morgan fingerprint density at radius 3 is 2.43 bits per heavy atom. The molecule has 7 heteroatoms. The topological polar surface area (TPSA) is 41.1 Å². The zero-order valence-electron chi connectivity index (χ0n) is 11.5. The lowest BCUT2D eigenvalue weighted by molar-refractivity contribution is -0.137. The molecule has 0 bridgehead atoms. The third-order valence-corrected chi connectivity index (χ3v) is 3.47. The molecule has 1 aliphatic rings. The van der Waals surface area contributed by atoms with Crippen LogP contribution in [0.2, 0.25) is 0 Å². The average Bonchev–Trinajstić information content (AvgIpc) is 2.38. The number of piperidine rings is 1. The summed E-state index contributed by atoms with van der Waals surface area (Å²) in [5.74, 6) is -0.216. The van der Waals surface area contributed by atoms with Crippen LogP contribution >= 0.6 is 12.4 Å². The maximum atomic E-state index is 12.4.